The van der Waals surface area contributed by atoms with Crippen LogP contribution >= 0.6 is 0 Å². The molecular formula is C28H39N4O7+. The van der Waals surface area contributed by atoms with E-state index in [1.807, 2.05) is 38.9 Å². The monoisotopic (exact) mass is 543 g/mol. The number of ketones is 2. The smallest absolute Gasteiger partial charge is 0.348 e. The molecule has 0 heterocycles. The quantitative estimate of drug-likeness (QED) is 0.299. The van der Waals surface area contributed by atoms with E-state index < -0.39 is 58.0 Å². The summed E-state index contributed by atoms with van der Waals surface area (Å²) in [5, 5.41) is 45.8. The number of Topliss-reactive ketones (excluding diaryl/α,β-unsaturated/α-hetero) is 2. The Morgan fingerprint density at radius 2 is 1.72 bits per heavy atom. The van der Waals surface area contributed by atoms with E-state index in [0.717, 1.165) is 18.8 Å². The van der Waals surface area contributed by atoms with Gasteiger partial charge in [0.25, 0.3) is 0 Å². The molecule has 1 fully saturated rings. The summed E-state index contributed by atoms with van der Waals surface area (Å²) in [6.07, 6.45) is 0.340. The average molecular weight is 544 g/mol. The number of aromatic hydroxyl groups is 1. The number of benzene rings is 1. The number of hydrogen-bond acceptors (Lipinski definition) is 10. The summed E-state index contributed by atoms with van der Waals surface area (Å²) in [6.45, 7) is 5.93. The molecule has 4 rings (SSSR count). The Balaban J connectivity index is 1.97. The molecule has 1 saturated carbocycles. The highest BCUT2D eigenvalue weighted by atomic mass is 16.3. The van der Waals surface area contributed by atoms with E-state index in [9.17, 15) is 34.8 Å². The molecule has 0 spiro atoms. The van der Waals surface area contributed by atoms with Gasteiger partial charge < -0.3 is 25.3 Å². The predicted molar refractivity (Wildman–Crippen MR) is 144 cm³/mol. The van der Waals surface area contributed by atoms with Gasteiger partial charge in [0, 0.05) is 43.4 Å². The van der Waals surface area contributed by atoms with E-state index >= 15 is 0 Å². The highest BCUT2D eigenvalue weighted by Gasteiger charge is 2.64. The van der Waals surface area contributed by atoms with E-state index in [-0.39, 0.29) is 29.7 Å². The molecule has 11 nitrogen and oxygen atoms in total. The Morgan fingerprint density at radius 1 is 1.10 bits per heavy atom. The van der Waals surface area contributed by atoms with Crippen LogP contribution in [0.1, 0.15) is 37.0 Å². The van der Waals surface area contributed by atoms with E-state index in [4.69, 9.17) is 0 Å². The van der Waals surface area contributed by atoms with E-state index in [0.29, 0.717) is 17.7 Å². The van der Waals surface area contributed by atoms with Gasteiger partial charge in [0.2, 0.25) is 5.78 Å². The van der Waals surface area contributed by atoms with Gasteiger partial charge in [0.15, 0.2) is 22.7 Å². The number of fused-ring (bicyclic) bond motifs is 3. The molecule has 212 valence electrons. The number of phenols is 1. The Bertz CT molecular complexity index is 1310. The Kier molecular flexibility index (Phi) is 7.41. The maximum atomic E-state index is 14.1. The van der Waals surface area contributed by atoms with Crippen LogP contribution in [-0.4, -0.2) is 101 Å². The minimum atomic E-state index is -2.61. The largest absolute Gasteiger partial charge is 0.508 e. The highest BCUT2D eigenvalue weighted by Crippen LogP contribution is 2.54. The number of quaternary nitrogens is 1. The average Bonchev–Trinajstić information content (AvgIpc) is 2.85. The van der Waals surface area contributed by atoms with Crippen molar-refractivity contribution < 1.29 is 40.5 Å². The fraction of sp³-hybridized carbons (Fsp3) is 0.536. The lowest BCUT2D eigenvalue weighted by atomic mass is 9.57. The SMILES string of the molecule is CCN(CC)Cc1cc(N(C)C)c2c(c1O)C(O)=C1C(=O)C3(O)C(O)=C(C([NH3+])=O)C(=O)C(N(C)C)C3CC1C2. The number of hydrogen-bond donors (Lipinski definition) is 5. The summed E-state index contributed by atoms with van der Waals surface area (Å²) in [5.41, 5.74) is 1.92. The van der Waals surface area contributed by atoms with Crippen molar-refractivity contribution >= 4 is 28.9 Å². The standard InChI is InChI=1S/C28H38N4O7/c1-7-32(8-2)12-14-11-17(30(3)4)15-9-13-10-16-21(31(5)6)24(35)20(27(29)38)26(37)28(16,39)25(36)18(13)23(34)19(15)22(14)33/h11,13,16,21,33-34,37,39H,7-10,12H2,1-6H3,(H2,29,38)/p+1. The second-order valence-electron chi connectivity index (χ2n) is 11.1. The van der Waals surface area contributed by atoms with Crippen LogP contribution in [0.15, 0.2) is 23.0 Å². The Hall–Kier alpha value is -3.25. The summed E-state index contributed by atoms with van der Waals surface area (Å²) < 4.78 is 0. The fourth-order valence-corrected chi connectivity index (χ4v) is 6.59. The molecule has 39 heavy (non-hydrogen) atoms. The molecule has 0 saturated heterocycles. The normalized spacial score (nSPS) is 26.7. The first-order chi connectivity index (χ1) is 18.2. The van der Waals surface area contributed by atoms with Gasteiger partial charge in [-0.2, -0.15) is 0 Å². The van der Waals surface area contributed by atoms with Crippen LogP contribution in [0.5, 0.6) is 5.75 Å². The number of aliphatic hydroxyl groups excluding tert-OH is 2. The van der Waals surface area contributed by atoms with Gasteiger partial charge in [0.05, 0.1) is 11.6 Å². The third kappa shape index (κ3) is 4.15. The first kappa shape index (κ1) is 28.8. The summed E-state index contributed by atoms with van der Waals surface area (Å²) in [7, 11) is 6.91. The highest BCUT2D eigenvalue weighted by molar-refractivity contribution is 6.22. The number of carbonyl (C=O) groups is 3. The van der Waals surface area contributed by atoms with Crippen LogP contribution in [0.3, 0.4) is 0 Å². The van der Waals surface area contributed by atoms with Crippen LogP contribution in [0.2, 0.25) is 0 Å². The Labute approximate surface area is 227 Å². The zero-order valence-corrected chi connectivity index (χ0v) is 23.4. The predicted octanol–water partition coefficient (Wildman–Crippen LogP) is 0.155. The van der Waals surface area contributed by atoms with Gasteiger partial charge >= 0.3 is 5.91 Å². The number of rotatable bonds is 7. The maximum absolute atomic E-state index is 14.1. The van der Waals surface area contributed by atoms with Crippen molar-refractivity contribution in [1.82, 2.24) is 9.80 Å². The van der Waals surface area contributed by atoms with E-state index in [2.05, 4.69) is 10.6 Å². The van der Waals surface area contributed by atoms with Crippen molar-refractivity contribution in [2.45, 2.75) is 44.9 Å². The first-order valence-corrected chi connectivity index (χ1v) is 13.2. The minimum Gasteiger partial charge on any atom is -0.508 e. The Morgan fingerprint density at radius 3 is 2.23 bits per heavy atom. The number of likely N-dealkylation sites (N-methyl/N-ethyl adjacent to an activating group) is 1. The van der Waals surface area contributed by atoms with Crippen molar-refractivity contribution in [3.05, 3.63) is 39.7 Å². The van der Waals surface area contributed by atoms with Crippen LogP contribution in [0, 0.1) is 11.8 Å². The minimum absolute atomic E-state index is 0.0766. The molecular weight excluding hydrogens is 504 g/mol. The number of carbonyl (C=O) groups excluding carboxylic acids is 3. The van der Waals surface area contributed by atoms with Gasteiger partial charge in [-0.1, -0.05) is 13.8 Å². The molecule has 0 radical (unpaired) electrons. The van der Waals surface area contributed by atoms with Crippen LogP contribution < -0.4 is 10.6 Å². The molecule has 0 bridgehead atoms. The van der Waals surface area contributed by atoms with Crippen molar-refractivity contribution in [1.29, 1.82) is 0 Å². The van der Waals surface area contributed by atoms with Crippen LogP contribution in [0.4, 0.5) is 5.69 Å². The van der Waals surface area contributed by atoms with Crippen LogP contribution in [0.25, 0.3) is 5.76 Å². The number of nitrogens with zero attached hydrogens (tertiary/aromatic N) is 3. The molecule has 3 aliphatic rings. The zero-order valence-electron chi connectivity index (χ0n) is 23.4. The second kappa shape index (κ2) is 10.1. The number of phenolic OH excluding ortho intramolecular Hbond substituents is 1. The van der Waals surface area contributed by atoms with Gasteiger partial charge in [-0.25, -0.2) is 4.79 Å². The van der Waals surface area contributed by atoms with Crippen LogP contribution in [-0.2, 0) is 27.3 Å². The molecule has 0 aliphatic heterocycles. The molecule has 4 atom stereocenters. The molecule has 7 N–H and O–H groups in total. The summed E-state index contributed by atoms with van der Waals surface area (Å²) in [5.74, 6) is -6.01. The molecule has 11 heteroatoms. The molecule has 1 aromatic carbocycles. The number of aliphatic hydroxyl groups is 3. The van der Waals surface area contributed by atoms with Gasteiger partial charge in [-0.15, -0.1) is 0 Å². The third-order valence-electron chi connectivity index (χ3n) is 8.58. The van der Waals surface area contributed by atoms with Gasteiger partial charge in [-0.05, 0) is 57.6 Å². The summed E-state index contributed by atoms with van der Waals surface area (Å²) in [4.78, 5) is 45.1. The third-order valence-corrected chi connectivity index (χ3v) is 8.58. The fourth-order valence-electron chi connectivity index (χ4n) is 6.59. The van der Waals surface area contributed by atoms with Crippen molar-refractivity contribution in [2.24, 2.45) is 11.8 Å². The molecule has 1 amide bonds. The molecule has 4 unspecified atom stereocenters. The zero-order chi connectivity index (χ0) is 29.1. The number of amides is 1. The van der Waals surface area contributed by atoms with E-state index in [1.165, 1.54) is 4.90 Å². The topological polar surface area (TPSA) is 169 Å². The molecule has 1 aromatic rings. The van der Waals surface area contributed by atoms with Crippen molar-refractivity contribution in [2.75, 3.05) is 46.2 Å². The van der Waals surface area contributed by atoms with Crippen molar-refractivity contribution in [3.63, 3.8) is 0 Å². The van der Waals surface area contributed by atoms with Gasteiger partial charge in [-0.3, -0.25) is 25.1 Å². The second-order valence-corrected chi connectivity index (χ2v) is 11.1. The van der Waals surface area contributed by atoms with Gasteiger partial charge in [0.1, 0.15) is 11.5 Å². The summed E-state index contributed by atoms with van der Waals surface area (Å²) in [6, 6.07) is 0.818. The number of anilines is 1. The molecule has 3 aliphatic carbocycles. The lowest BCUT2D eigenvalue weighted by Crippen LogP contribution is -2.68. The maximum Gasteiger partial charge on any atom is 0.348 e. The van der Waals surface area contributed by atoms with E-state index in [1.54, 1.807) is 14.1 Å². The lowest BCUT2D eigenvalue weighted by molar-refractivity contribution is -0.299. The lowest BCUT2D eigenvalue weighted by Gasteiger charge is -2.50. The summed E-state index contributed by atoms with van der Waals surface area (Å²) >= 11 is 0. The first-order valence-electron chi connectivity index (χ1n) is 13.2. The molecule has 0 aromatic heterocycles. The van der Waals surface area contributed by atoms with Crippen molar-refractivity contribution in [3.8, 4) is 5.75 Å².